The van der Waals surface area contributed by atoms with E-state index < -0.39 is 48.0 Å². The largest absolute Gasteiger partial charge is 0.471 e. The second-order valence-electron chi connectivity index (χ2n) is 9.09. The van der Waals surface area contributed by atoms with Gasteiger partial charge in [-0.1, -0.05) is 67.0 Å². The van der Waals surface area contributed by atoms with Gasteiger partial charge in [0.15, 0.2) is 5.82 Å². The zero-order chi connectivity index (χ0) is 36.1. The van der Waals surface area contributed by atoms with Crippen molar-refractivity contribution in [2.45, 2.75) is 106 Å². The molecule has 2 unspecified atom stereocenters. The topological polar surface area (TPSA) is 144 Å². The zero-order valence-electron chi connectivity index (χ0n) is 29.0. The highest BCUT2D eigenvalue weighted by molar-refractivity contribution is 6.32. The SMILES string of the molecule is C=Nc1nc(OCc2c(F)cc(C(=O)NCCC(C)O)cc2F)c(Cl)cc1NCO[C@@H]1COC2[C@H](O)CO[C@@H]21.CC.CC.CC.CC. The number of amides is 1. The standard InChI is InChI=1S/C25H29ClF2N4O7.4C2H6/c1-12(33)3-4-30-24(35)13-5-16(27)14(17(28)6-13)8-38-25-15(26)7-18(23(29-2)32-25)31-11-39-20-10-37-21-19(34)9-36-22(20)21;4*1-2/h5-7,12,19-22,31,33-34H,2-4,8-11H2,1H3,(H,30,35);4*1-2H3/t12?,19-,20-,21?,22-;;;;/m1..../s1. The number of hydrogen-bond acceptors (Lipinski definition) is 10. The molecule has 5 atom stereocenters. The first-order valence-corrected chi connectivity index (χ1v) is 16.6. The van der Waals surface area contributed by atoms with Crippen molar-refractivity contribution in [1.29, 1.82) is 0 Å². The van der Waals surface area contributed by atoms with E-state index in [1.807, 2.05) is 55.4 Å². The van der Waals surface area contributed by atoms with E-state index in [9.17, 15) is 23.8 Å². The fourth-order valence-electron chi connectivity index (χ4n) is 4.14. The second-order valence-corrected chi connectivity index (χ2v) is 9.50. The molecule has 14 heteroatoms. The molecule has 268 valence electrons. The molecule has 47 heavy (non-hydrogen) atoms. The molecule has 1 aromatic heterocycles. The third kappa shape index (κ3) is 13.2. The molecule has 0 spiro atoms. The summed E-state index contributed by atoms with van der Waals surface area (Å²) in [5.74, 6) is -2.67. The number of fused-ring (bicyclic) bond motifs is 1. The number of nitrogens with one attached hydrogen (secondary N) is 2. The highest BCUT2D eigenvalue weighted by atomic mass is 35.5. The van der Waals surface area contributed by atoms with E-state index in [0.29, 0.717) is 12.1 Å². The van der Waals surface area contributed by atoms with E-state index in [1.54, 1.807) is 6.92 Å². The first-order chi connectivity index (χ1) is 22.7. The Morgan fingerprint density at radius 1 is 1.09 bits per heavy atom. The molecular formula is C33H53ClF2N4O7. The minimum atomic E-state index is -0.985. The van der Waals surface area contributed by atoms with Crippen LogP contribution in [0, 0.1) is 11.6 Å². The van der Waals surface area contributed by atoms with Crippen LogP contribution in [0.1, 0.15) is 84.7 Å². The Morgan fingerprint density at radius 3 is 2.26 bits per heavy atom. The van der Waals surface area contributed by atoms with Crippen molar-refractivity contribution in [2.75, 3.05) is 31.8 Å². The molecule has 0 saturated carbocycles. The van der Waals surface area contributed by atoms with Crippen LogP contribution in [-0.2, 0) is 20.8 Å². The van der Waals surface area contributed by atoms with Crippen LogP contribution >= 0.6 is 11.6 Å². The molecule has 11 nitrogen and oxygen atoms in total. The van der Waals surface area contributed by atoms with Gasteiger partial charge in [-0.2, -0.15) is 4.98 Å². The summed E-state index contributed by atoms with van der Waals surface area (Å²) in [6.45, 7) is 21.1. The molecule has 2 aliphatic rings. The number of carbonyl (C=O) groups excluding carboxylic acids is 1. The Morgan fingerprint density at radius 2 is 1.68 bits per heavy atom. The van der Waals surface area contributed by atoms with Gasteiger partial charge in [-0.3, -0.25) is 4.79 Å². The van der Waals surface area contributed by atoms with Crippen molar-refractivity contribution in [3.05, 3.63) is 46.0 Å². The van der Waals surface area contributed by atoms with E-state index in [-0.39, 0.29) is 61.0 Å². The lowest BCUT2D eigenvalue weighted by molar-refractivity contribution is -0.0311. The van der Waals surface area contributed by atoms with E-state index in [0.717, 1.165) is 12.1 Å². The molecule has 1 aromatic carbocycles. The summed E-state index contributed by atoms with van der Waals surface area (Å²) < 4.78 is 51.5. The Kier molecular flexibility index (Phi) is 22.7. The first-order valence-electron chi connectivity index (χ1n) is 16.2. The summed E-state index contributed by atoms with van der Waals surface area (Å²) in [6.07, 6.45) is -2.17. The van der Waals surface area contributed by atoms with Crippen LogP contribution in [0.25, 0.3) is 0 Å². The van der Waals surface area contributed by atoms with E-state index >= 15 is 0 Å². The molecule has 1 amide bonds. The number of aliphatic hydroxyl groups is 2. The number of ether oxygens (including phenoxy) is 4. The van der Waals surface area contributed by atoms with Gasteiger partial charge >= 0.3 is 0 Å². The van der Waals surface area contributed by atoms with Crippen LogP contribution in [0.3, 0.4) is 0 Å². The highest BCUT2D eigenvalue weighted by Crippen LogP contribution is 2.34. The summed E-state index contributed by atoms with van der Waals surface area (Å²) >= 11 is 6.28. The van der Waals surface area contributed by atoms with Gasteiger partial charge in [0.2, 0.25) is 5.88 Å². The third-order valence-electron chi connectivity index (χ3n) is 6.22. The number of halogens is 3. The number of benzene rings is 1. The van der Waals surface area contributed by atoms with Gasteiger partial charge in [-0.25, -0.2) is 13.8 Å². The molecule has 2 saturated heterocycles. The van der Waals surface area contributed by atoms with Crippen molar-refractivity contribution in [2.24, 2.45) is 4.99 Å². The van der Waals surface area contributed by atoms with Gasteiger partial charge in [0.05, 0.1) is 30.6 Å². The van der Waals surface area contributed by atoms with Gasteiger partial charge < -0.3 is 39.8 Å². The van der Waals surface area contributed by atoms with E-state index in [4.69, 9.17) is 30.5 Å². The monoisotopic (exact) mass is 690 g/mol. The van der Waals surface area contributed by atoms with Gasteiger partial charge in [0.1, 0.15) is 54.4 Å². The van der Waals surface area contributed by atoms with Crippen molar-refractivity contribution in [1.82, 2.24) is 10.3 Å². The van der Waals surface area contributed by atoms with Crippen LogP contribution < -0.4 is 15.4 Å². The molecule has 2 aliphatic heterocycles. The van der Waals surface area contributed by atoms with Crippen LogP contribution in [-0.4, -0.2) is 84.8 Å². The van der Waals surface area contributed by atoms with Crippen LogP contribution in [0.15, 0.2) is 23.2 Å². The molecule has 3 heterocycles. The van der Waals surface area contributed by atoms with Gasteiger partial charge in [0, 0.05) is 12.1 Å². The van der Waals surface area contributed by atoms with Crippen molar-refractivity contribution in [3.8, 4) is 5.88 Å². The Labute approximate surface area is 283 Å². The first kappa shape index (κ1) is 44.1. The van der Waals surface area contributed by atoms with Crippen molar-refractivity contribution in [3.63, 3.8) is 0 Å². The summed E-state index contributed by atoms with van der Waals surface area (Å²) in [5, 5.41) is 24.6. The average Bonchev–Trinajstić information content (AvgIpc) is 3.67. The Hall–Kier alpha value is -2.94. The van der Waals surface area contributed by atoms with Gasteiger partial charge in [-0.05, 0) is 38.3 Å². The minimum Gasteiger partial charge on any atom is -0.471 e. The van der Waals surface area contributed by atoms with Crippen LogP contribution in [0.4, 0.5) is 20.3 Å². The number of rotatable bonds is 12. The normalized spacial score (nSPS) is 19.4. The highest BCUT2D eigenvalue weighted by Gasteiger charge is 2.47. The van der Waals surface area contributed by atoms with E-state index in [1.165, 1.54) is 6.07 Å². The van der Waals surface area contributed by atoms with E-state index in [2.05, 4.69) is 27.3 Å². The molecular weight excluding hydrogens is 638 g/mol. The van der Waals surface area contributed by atoms with Crippen molar-refractivity contribution < 1.29 is 42.7 Å². The lowest BCUT2D eigenvalue weighted by Gasteiger charge is -2.18. The number of aliphatic hydroxyl groups excluding tert-OH is 2. The van der Waals surface area contributed by atoms with Gasteiger partial charge in [-0.15, -0.1) is 0 Å². The number of carbonyl (C=O) groups is 1. The predicted molar refractivity (Wildman–Crippen MR) is 182 cm³/mol. The lowest BCUT2D eigenvalue weighted by Crippen LogP contribution is -2.33. The predicted octanol–water partition coefficient (Wildman–Crippen LogP) is 6.44. The average molecular weight is 691 g/mol. The molecule has 0 bridgehead atoms. The molecule has 4 N–H and O–H groups in total. The Balaban J connectivity index is 0.00000246. The summed E-state index contributed by atoms with van der Waals surface area (Å²) in [5.41, 5.74) is -0.261. The smallest absolute Gasteiger partial charge is 0.251 e. The maximum Gasteiger partial charge on any atom is 0.251 e. The summed E-state index contributed by atoms with van der Waals surface area (Å²) in [6, 6.07) is 3.24. The number of aromatic nitrogens is 1. The molecule has 2 aromatic rings. The number of anilines is 1. The lowest BCUT2D eigenvalue weighted by atomic mass is 10.1. The summed E-state index contributed by atoms with van der Waals surface area (Å²) in [4.78, 5) is 20.1. The minimum absolute atomic E-state index is 0.0206. The maximum absolute atomic E-state index is 14.6. The number of nitrogens with zero attached hydrogens (tertiary/aromatic N) is 2. The molecule has 0 aliphatic carbocycles. The number of hydrogen-bond donors (Lipinski definition) is 4. The number of aliphatic imine (C=N–C) groups is 1. The Bertz CT molecular complexity index is 1190. The van der Waals surface area contributed by atoms with Crippen LogP contribution in [0.2, 0.25) is 5.02 Å². The summed E-state index contributed by atoms with van der Waals surface area (Å²) in [7, 11) is 0. The van der Waals surface area contributed by atoms with Crippen molar-refractivity contribution >= 4 is 35.7 Å². The molecule has 2 fully saturated rings. The zero-order valence-corrected chi connectivity index (χ0v) is 29.8. The second kappa shape index (κ2) is 24.2. The fourth-order valence-corrected chi connectivity index (χ4v) is 4.34. The third-order valence-corrected chi connectivity index (χ3v) is 6.49. The number of pyridine rings is 1. The fraction of sp³-hybridized carbons (Fsp3) is 0.606. The molecule has 0 radical (unpaired) electrons. The quantitative estimate of drug-likeness (QED) is 0.146. The molecule has 4 rings (SSSR count). The van der Waals surface area contributed by atoms with Gasteiger partial charge in [0.25, 0.3) is 5.91 Å². The van der Waals surface area contributed by atoms with Crippen LogP contribution in [0.5, 0.6) is 5.88 Å². The maximum atomic E-state index is 14.6.